The van der Waals surface area contributed by atoms with Crippen LogP contribution in [0.15, 0.2) is 48.5 Å². The summed E-state index contributed by atoms with van der Waals surface area (Å²) in [4.78, 5) is 0. The zero-order chi connectivity index (χ0) is 47.5. The Bertz CT molecular complexity index is 2200. The van der Waals surface area contributed by atoms with E-state index in [-0.39, 0.29) is 11.7 Å². The van der Waals surface area contributed by atoms with Crippen LogP contribution >= 0.6 is 81.2 Å². The van der Waals surface area contributed by atoms with Gasteiger partial charge >= 0.3 is 0 Å². The molecule has 0 saturated carbocycles. The Labute approximate surface area is 422 Å². The predicted molar refractivity (Wildman–Crippen MR) is 271 cm³/mol. The van der Waals surface area contributed by atoms with Gasteiger partial charge in [-0.3, -0.25) is 0 Å². The first-order valence-electron chi connectivity index (χ1n) is 22.9. The molecule has 2 aliphatic rings. The molecule has 0 aliphatic carbocycles. The van der Waals surface area contributed by atoms with Crippen molar-refractivity contribution in [2.24, 2.45) is 0 Å². The van der Waals surface area contributed by atoms with Crippen molar-refractivity contribution in [2.75, 3.05) is 26.4 Å². The summed E-state index contributed by atoms with van der Waals surface area (Å²) in [6.07, 6.45) is 7.83. The fourth-order valence-electron chi connectivity index (χ4n) is 8.48. The van der Waals surface area contributed by atoms with Crippen molar-refractivity contribution in [3.05, 3.63) is 112 Å². The van der Waals surface area contributed by atoms with Crippen LogP contribution in [0.2, 0.25) is 35.2 Å². The summed E-state index contributed by atoms with van der Waals surface area (Å²) < 4.78 is 36.5. The topological polar surface area (TPSA) is 62.0 Å². The predicted octanol–water partition coefficient (Wildman–Crippen LogP) is 17.3. The van der Waals surface area contributed by atoms with Gasteiger partial charge in [0.05, 0.1) is 73.8 Å². The molecule has 2 fully saturated rings. The van der Waals surface area contributed by atoms with Gasteiger partial charge < -0.3 is 28.4 Å². The summed E-state index contributed by atoms with van der Waals surface area (Å²) in [6.45, 7) is 21.5. The monoisotopic (exact) mass is 1030 g/mol. The molecule has 0 amide bonds. The Balaban J connectivity index is 1.10. The summed E-state index contributed by atoms with van der Waals surface area (Å²) in [5.41, 5.74) is 2.79. The first kappa shape index (κ1) is 52.4. The molecular weight excluding hydrogens is 969 g/mol. The van der Waals surface area contributed by atoms with Crippen molar-refractivity contribution in [2.45, 2.75) is 154 Å². The minimum atomic E-state index is -0.560. The molecule has 0 bridgehead atoms. The molecule has 2 unspecified atom stereocenters. The molecule has 13 heteroatoms. The van der Waals surface area contributed by atoms with Crippen molar-refractivity contribution in [3.63, 3.8) is 0 Å². The molecule has 2 aliphatic heterocycles. The van der Waals surface area contributed by atoms with E-state index in [1.54, 1.807) is 0 Å². The molecule has 0 aromatic heterocycles. The minimum absolute atomic E-state index is 0.252. The van der Waals surface area contributed by atoms with E-state index in [4.69, 9.17) is 110 Å². The number of epoxide rings is 2. The highest BCUT2D eigenvalue weighted by molar-refractivity contribution is 6.38. The van der Waals surface area contributed by atoms with Gasteiger partial charge in [-0.1, -0.05) is 143 Å². The average Bonchev–Trinajstić information content (AvgIpc) is 4.21. The van der Waals surface area contributed by atoms with Crippen LogP contribution in [0.1, 0.15) is 141 Å². The lowest BCUT2D eigenvalue weighted by molar-refractivity contribution is 0.0452. The number of aryl methyl sites for hydroxylation is 1. The normalized spacial score (nSPS) is 16.4. The fraction of sp³-hybridized carbons (Fsp3) is 0.538. The fourth-order valence-corrected chi connectivity index (χ4v) is 10.5. The smallest absolute Gasteiger partial charge is 0.157 e. The highest BCUT2D eigenvalue weighted by atomic mass is 35.5. The van der Waals surface area contributed by atoms with E-state index < -0.39 is 16.4 Å². The van der Waals surface area contributed by atoms with Crippen molar-refractivity contribution in [3.8, 4) is 23.0 Å². The lowest BCUT2D eigenvalue weighted by Gasteiger charge is -2.35. The second-order valence-corrected chi connectivity index (χ2v) is 21.5. The summed E-state index contributed by atoms with van der Waals surface area (Å²) in [7, 11) is 0. The largest absolute Gasteiger partial charge is 0.490 e. The lowest BCUT2D eigenvalue weighted by atomic mass is 9.77. The van der Waals surface area contributed by atoms with Gasteiger partial charge in [0.2, 0.25) is 0 Å². The molecule has 4 aromatic rings. The van der Waals surface area contributed by atoms with Crippen molar-refractivity contribution < 1.29 is 28.4 Å². The van der Waals surface area contributed by atoms with E-state index >= 15 is 0 Å². The van der Waals surface area contributed by atoms with Crippen LogP contribution in [-0.2, 0) is 20.3 Å². The molecule has 2 atom stereocenters. The quantitative estimate of drug-likeness (QED) is 0.0515. The van der Waals surface area contributed by atoms with E-state index in [1.165, 1.54) is 0 Å². The summed E-state index contributed by atoms with van der Waals surface area (Å²) in [5, 5.41) is 3.14. The molecule has 356 valence electrons. The minimum Gasteiger partial charge on any atom is -0.490 e. The maximum Gasteiger partial charge on any atom is 0.157 e. The number of halogens is 7. The summed E-state index contributed by atoms with van der Waals surface area (Å²) in [5.74, 6) is 2.07. The van der Waals surface area contributed by atoms with Crippen molar-refractivity contribution in [1.29, 1.82) is 0 Å². The van der Waals surface area contributed by atoms with Crippen molar-refractivity contribution >= 4 is 81.2 Å². The zero-order valence-electron chi connectivity index (χ0n) is 39.1. The van der Waals surface area contributed by atoms with Crippen molar-refractivity contribution in [1.82, 2.24) is 0 Å². The number of rotatable bonds is 24. The lowest BCUT2D eigenvalue weighted by Crippen LogP contribution is -2.35. The molecule has 6 nitrogen and oxygen atoms in total. The Morgan fingerprint density at radius 2 is 0.815 bits per heavy atom. The average molecular weight is 1030 g/mol. The summed E-state index contributed by atoms with van der Waals surface area (Å²) >= 11 is 48.3. The van der Waals surface area contributed by atoms with Crippen LogP contribution in [0.4, 0.5) is 0 Å². The van der Waals surface area contributed by atoms with Gasteiger partial charge in [0, 0.05) is 17.3 Å². The van der Waals surface area contributed by atoms with Gasteiger partial charge in [-0.15, -0.1) is 0 Å². The van der Waals surface area contributed by atoms with Crippen LogP contribution in [0.5, 0.6) is 23.0 Å². The van der Waals surface area contributed by atoms with E-state index in [2.05, 4.69) is 61.5 Å². The SMILES string of the molecule is CCC(CC)(CCC1CO1)Oc1c(C)cc(C(C)(C)c2cc(Cl)c(OCCCC(CC)(CC)Oc3c(Cl)cc(C(C)(C)c4cc(Cl)c(OCCC5CO5)c(Cl)c4)cc3Cl)c(Cl)c2)cc1Cl. The molecule has 0 radical (unpaired) electrons. The maximum absolute atomic E-state index is 7.01. The van der Waals surface area contributed by atoms with E-state index in [9.17, 15) is 0 Å². The van der Waals surface area contributed by atoms with Crippen LogP contribution < -0.4 is 18.9 Å². The Kier molecular flexibility index (Phi) is 17.5. The van der Waals surface area contributed by atoms with Crippen LogP contribution in [0.25, 0.3) is 0 Å². The molecule has 2 heterocycles. The molecule has 4 aromatic carbocycles. The van der Waals surface area contributed by atoms with Gasteiger partial charge in [-0.05, 0) is 129 Å². The Morgan fingerprint density at radius 3 is 1.22 bits per heavy atom. The highest BCUT2D eigenvalue weighted by Crippen LogP contribution is 2.47. The second kappa shape index (κ2) is 21.8. The van der Waals surface area contributed by atoms with Gasteiger partial charge in [-0.2, -0.15) is 0 Å². The third-order valence-electron chi connectivity index (χ3n) is 13.8. The molecular formula is C52H63Cl7O6. The maximum atomic E-state index is 7.01. The van der Waals surface area contributed by atoms with Crippen LogP contribution in [0.3, 0.4) is 0 Å². The zero-order valence-corrected chi connectivity index (χ0v) is 44.4. The standard InChI is InChI=1S/C52H63Cl7O6/c1-10-51(11-2,65-48-43(58)27-35(28-44(48)59)50(8,9)34-25-41(56)47(42(57)26-34)61-20-16-37-30-63-37)17-14-19-60-46-39(54)23-33(24-40(46)55)49(6,7)32-21-31(5)45(38(53)22-32)64-52(12-3,13-4)18-15-36-29-62-36/h21-28,36-37H,10-20,29-30H2,1-9H3. The third kappa shape index (κ3) is 12.4. The molecule has 0 N–H and O–H groups in total. The number of hydrogen-bond acceptors (Lipinski definition) is 6. The van der Waals surface area contributed by atoms with Gasteiger partial charge in [-0.25, -0.2) is 0 Å². The first-order chi connectivity index (χ1) is 30.7. The first-order valence-corrected chi connectivity index (χ1v) is 25.5. The number of hydrogen-bond donors (Lipinski definition) is 0. The molecule has 6 rings (SSSR count). The van der Waals surface area contributed by atoms with Gasteiger partial charge in [0.1, 0.15) is 17.0 Å². The second-order valence-electron chi connectivity index (χ2n) is 18.7. The third-order valence-corrected chi connectivity index (χ3v) is 15.7. The van der Waals surface area contributed by atoms with Crippen LogP contribution in [-0.4, -0.2) is 49.8 Å². The van der Waals surface area contributed by atoms with E-state index in [1.807, 2.05) is 49.4 Å². The highest BCUT2D eigenvalue weighted by Gasteiger charge is 2.36. The van der Waals surface area contributed by atoms with E-state index in [0.717, 1.165) is 91.7 Å². The van der Waals surface area contributed by atoms with E-state index in [0.29, 0.717) is 84.6 Å². The van der Waals surface area contributed by atoms with Crippen LogP contribution in [0, 0.1) is 6.92 Å². The summed E-state index contributed by atoms with van der Waals surface area (Å²) in [6, 6.07) is 15.6. The molecule has 0 spiro atoms. The Morgan fingerprint density at radius 1 is 0.477 bits per heavy atom. The van der Waals surface area contributed by atoms with Gasteiger partial charge in [0.15, 0.2) is 17.2 Å². The Hall–Kier alpha value is -1.97. The molecule has 65 heavy (non-hydrogen) atoms. The number of benzene rings is 4. The number of ether oxygens (including phenoxy) is 6. The molecule has 2 saturated heterocycles. The van der Waals surface area contributed by atoms with Gasteiger partial charge in [0.25, 0.3) is 0 Å².